The van der Waals surface area contributed by atoms with Crippen LogP contribution >= 0.6 is 0 Å². The molecule has 1 aliphatic rings. The molecule has 2 amide bonds. The van der Waals surface area contributed by atoms with Crippen molar-refractivity contribution in [1.29, 1.82) is 0 Å². The smallest absolute Gasteiger partial charge is 0.258 e. The topological polar surface area (TPSA) is 93.5 Å². The maximum Gasteiger partial charge on any atom is 0.258 e. The maximum absolute atomic E-state index is 12.1. The number of carbonyl (C=O) groups excluding carboxylic acids is 2. The summed E-state index contributed by atoms with van der Waals surface area (Å²) in [5.74, 6) is 0.522. The van der Waals surface area contributed by atoms with Gasteiger partial charge in [-0.3, -0.25) is 9.59 Å². The lowest BCUT2D eigenvalue weighted by Gasteiger charge is -2.12. The predicted octanol–water partition coefficient (Wildman–Crippen LogP) is 2.09. The highest BCUT2D eigenvalue weighted by Gasteiger charge is 2.23. The third kappa shape index (κ3) is 6.70. The first-order valence-corrected chi connectivity index (χ1v) is 9.68. The van der Waals surface area contributed by atoms with Gasteiger partial charge in [0.25, 0.3) is 5.91 Å². The molecule has 2 aromatic rings. The van der Waals surface area contributed by atoms with E-state index in [1.807, 2.05) is 54.6 Å². The SMILES string of the molecule is NC(CC(=O)NCCc1ccc(OCC(=O)NC2CC2)cc1)c1ccccc1. The minimum atomic E-state index is -0.297. The number of hydrogen-bond acceptors (Lipinski definition) is 4. The molecule has 1 saturated carbocycles. The van der Waals surface area contributed by atoms with Gasteiger partial charge in [0.2, 0.25) is 5.91 Å². The molecule has 1 fully saturated rings. The molecule has 0 saturated heterocycles. The number of ether oxygens (including phenoxy) is 1. The Morgan fingerprint density at radius 3 is 2.43 bits per heavy atom. The minimum absolute atomic E-state index is 0.0353. The van der Waals surface area contributed by atoms with Crippen molar-refractivity contribution in [1.82, 2.24) is 10.6 Å². The first kappa shape index (κ1) is 19.9. The number of rotatable bonds is 10. The molecule has 1 atom stereocenters. The van der Waals surface area contributed by atoms with E-state index in [1.165, 1.54) is 0 Å². The van der Waals surface area contributed by atoms with Crippen molar-refractivity contribution in [2.24, 2.45) is 5.73 Å². The highest BCUT2D eigenvalue weighted by molar-refractivity contribution is 5.78. The second-order valence-corrected chi connectivity index (χ2v) is 7.10. The fourth-order valence-electron chi connectivity index (χ4n) is 2.83. The molecule has 3 rings (SSSR count). The van der Waals surface area contributed by atoms with E-state index in [-0.39, 0.29) is 30.9 Å². The van der Waals surface area contributed by atoms with Crippen LogP contribution in [0.15, 0.2) is 54.6 Å². The molecular formula is C22H27N3O3. The Labute approximate surface area is 165 Å². The van der Waals surface area contributed by atoms with E-state index >= 15 is 0 Å². The van der Waals surface area contributed by atoms with Gasteiger partial charge in [-0.25, -0.2) is 0 Å². The number of hydrogen-bond donors (Lipinski definition) is 3. The van der Waals surface area contributed by atoms with Crippen LogP contribution < -0.4 is 21.1 Å². The number of nitrogens with two attached hydrogens (primary N) is 1. The van der Waals surface area contributed by atoms with Crippen molar-refractivity contribution < 1.29 is 14.3 Å². The fourth-order valence-corrected chi connectivity index (χ4v) is 2.83. The summed E-state index contributed by atoms with van der Waals surface area (Å²) in [4.78, 5) is 23.7. The van der Waals surface area contributed by atoms with Crippen LogP contribution in [-0.2, 0) is 16.0 Å². The third-order valence-electron chi connectivity index (χ3n) is 4.60. The highest BCUT2D eigenvalue weighted by Crippen LogP contribution is 2.18. The summed E-state index contributed by atoms with van der Waals surface area (Å²) in [5, 5.41) is 5.79. The predicted molar refractivity (Wildman–Crippen MR) is 108 cm³/mol. The molecule has 0 aromatic heterocycles. The molecule has 148 valence electrons. The Morgan fingerprint density at radius 1 is 1.04 bits per heavy atom. The van der Waals surface area contributed by atoms with Crippen LogP contribution in [0, 0.1) is 0 Å². The minimum Gasteiger partial charge on any atom is -0.484 e. The van der Waals surface area contributed by atoms with Crippen molar-refractivity contribution in [2.75, 3.05) is 13.2 Å². The summed E-state index contributed by atoms with van der Waals surface area (Å²) in [6.45, 7) is 0.581. The van der Waals surface area contributed by atoms with Gasteiger partial charge in [0.15, 0.2) is 6.61 Å². The second kappa shape index (κ2) is 9.90. The average molecular weight is 381 g/mol. The van der Waals surface area contributed by atoms with E-state index < -0.39 is 0 Å². The number of carbonyl (C=O) groups is 2. The highest BCUT2D eigenvalue weighted by atomic mass is 16.5. The summed E-state index contributed by atoms with van der Waals surface area (Å²) in [6, 6.07) is 17.2. The monoisotopic (exact) mass is 381 g/mol. The van der Waals surface area contributed by atoms with Gasteiger partial charge in [-0.2, -0.15) is 0 Å². The van der Waals surface area contributed by atoms with Gasteiger partial charge < -0.3 is 21.1 Å². The number of amides is 2. The van der Waals surface area contributed by atoms with Crippen LogP contribution in [-0.4, -0.2) is 31.0 Å². The van der Waals surface area contributed by atoms with Crippen LogP contribution in [0.4, 0.5) is 0 Å². The van der Waals surface area contributed by atoms with Gasteiger partial charge in [-0.15, -0.1) is 0 Å². The van der Waals surface area contributed by atoms with Crippen molar-refractivity contribution in [3.8, 4) is 5.75 Å². The maximum atomic E-state index is 12.1. The molecule has 0 heterocycles. The Hall–Kier alpha value is -2.86. The van der Waals surface area contributed by atoms with Gasteiger partial charge in [-0.05, 0) is 42.5 Å². The zero-order chi connectivity index (χ0) is 19.8. The van der Waals surface area contributed by atoms with Gasteiger partial charge in [-0.1, -0.05) is 42.5 Å². The van der Waals surface area contributed by atoms with Crippen molar-refractivity contribution >= 4 is 11.8 Å². The number of benzene rings is 2. The first-order chi connectivity index (χ1) is 13.6. The van der Waals surface area contributed by atoms with E-state index in [4.69, 9.17) is 10.5 Å². The van der Waals surface area contributed by atoms with Crippen molar-refractivity contribution in [3.63, 3.8) is 0 Å². The number of nitrogens with one attached hydrogen (secondary N) is 2. The van der Waals surface area contributed by atoms with Gasteiger partial charge in [0.05, 0.1) is 0 Å². The molecule has 28 heavy (non-hydrogen) atoms. The molecule has 1 unspecified atom stereocenters. The van der Waals surface area contributed by atoms with E-state index in [1.54, 1.807) is 0 Å². The van der Waals surface area contributed by atoms with E-state index in [2.05, 4.69) is 10.6 Å². The Bertz CT molecular complexity index is 773. The van der Waals surface area contributed by atoms with Crippen LogP contribution in [0.3, 0.4) is 0 Å². The molecular weight excluding hydrogens is 354 g/mol. The van der Waals surface area contributed by atoms with E-state index in [9.17, 15) is 9.59 Å². The molecule has 6 nitrogen and oxygen atoms in total. The summed E-state index contributed by atoms with van der Waals surface area (Å²) in [6.07, 6.45) is 3.11. The van der Waals surface area contributed by atoms with E-state index in [0.29, 0.717) is 18.3 Å². The summed E-state index contributed by atoms with van der Waals surface area (Å²) >= 11 is 0. The zero-order valence-electron chi connectivity index (χ0n) is 15.9. The summed E-state index contributed by atoms with van der Waals surface area (Å²) in [7, 11) is 0. The molecule has 0 radical (unpaired) electrons. The molecule has 4 N–H and O–H groups in total. The zero-order valence-corrected chi connectivity index (χ0v) is 15.9. The Balaban J connectivity index is 1.34. The van der Waals surface area contributed by atoms with Gasteiger partial charge in [0, 0.05) is 25.0 Å². The fraction of sp³-hybridized carbons (Fsp3) is 0.364. The van der Waals surface area contributed by atoms with Crippen molar-refractivity contribution in [3.05, 3.63) is 65.7 Å². The van der Waals surface area contributed by atoms with Crippen LogP contribution in [0.5, 0.6) is 5.75 Å². The molecule has 6 heteroatoms. The lowest BCUT2D eigenvalue weighted by molar-refractivity contribution is -0.123. The van der Waals surface area contributed by atoms with Crippen molar-refractivity contribution in [2.45, 2.75) is 37.8 Å². The molecule has 1 aliphatic carbocycles. The molecule has 2 aromatic carbocycles. The summed E-state index contributed by atoms with van der Waals surface area (Å²) < 4.78 is 5.48. The van der Waals surface area contributed by atoms with Crippen LogP contribution in [0.2, 0.25) is 0 Å². The molecule has 0 aliphatic heterocycles. The standard InChI is InChI=1S/C22H27N3O3/c23-20(17-4-2-1-3-5-17)14-21(26)24-13-12-16-6-10-19(11-7-16)28-15-22(27)25-18-8-9-18/h1-7,10-11,18,20H,8-9,12-15,23H2,(H,24,26)(H,25,27). The lowest BCUT2D eigenvalue weighted by Crippen LogP contribution is -2.30. The summed E-state index contributed by atoms with van der Waals surface area (Å²) in [5.41, 5.74) is 8.11. The second-order valence-electron chi connectivity index (χ2n) is 7.10. The van der Waals surface area contributed by atoms with Crippen LogP contribution in [0.25, 0.3) is 0 Å². The van der Waals surface area contributed by atoms with Gasteiger partial charge >= 0.3 is 0 Å². The molecule has 0 spiro atoms. The van der Waals surface area contributed by atoms with Gasteiger partial charge in [0.1, 0.15) is 5.75 Å². The largest absolute Gasteiger partial charge is 0.484 e. The van der Waals surface area contributed by atoms with Crippen LogP contribution in [0.1, 0.15) is 36.4 Å². The third-order valence-corrected chi connectivity index (χ3v) is 4.60. The Morgan fingerprint density at radius 2 is 1.75 bits per heavy atom. The average Bonchev–Trinajstić information content (AvgIpc) is 3.52. The quantitative estimate of drug-likeness (QED) is 0.587. The normalized spacial score (nSPS) is 14.2. The van der Waals surface area contributed by atoms with E-state index in [0.717, 1.165) is 30.4 Å². The lowest BCUT2D eigenvalue weighted by atomic mass is 10.0. The Kier molecular flexibility index (Phi) is 7.03. The molecule has 0 bridgehead atoms. The first-order valence-electron chi connectivity index (χ1n) is 9.68.